The molecule has 2 rings (SSSR count). The summed E-state index contributed by atoms with van der Waals surface area (Å²) in [4.78, 5) is 16.3. The van der Waals surface area contributed by atoms with Gasteiger partial charge in [-0.15, -0.1) is 0 Å². The summed E-state index contributed by atoms with van der Waals surface area (Å²) in [5, 5.41) is 4.04. The minimum atomic E-state index is 0.0570. The Bertz CT molecular complexity index is 619. The van der Waals surface area contributed by atoms with Crippen molar-refractivity contribution in [2.75, 3.05) is 12.3 Å². The first-order valence-corrected chi connectivity index (χ1v) is 8.17. The molecule has 0 atom stereocenters. The van der Waals surface area contributed by atoms with Crippen molar-refractivity contribution in [1.82, 2.24) is 10.3 Å². The standard InChI is InChI=1S/C17H22N2OS/c1-17(2,3)21-9-8-18-16(20)11-13-10-14-6-4-5-7-15(14)19-12-13/h4-7,10,12H,8-9,11H2,1-3H3,(H,18,20). The Morgan fingerprint density at radius 2 is 2.05 bits per heavy atom. The highest BCUT2D eigenvalue weighted by atomic mass is 32.2. The molecule has 4 heteroatoms. The molecule has 1 aromatic heterocycles. The van der Waals surface area contributed by atoms with Crippen LogP contribution in [-0.2, 0) is 11.2 Å². The predicted octanol–water partition coefficient (Wildman–Crippen LogP) is 3.43. The molecule has 0 bridgehead atoms. The molecule has 3 nitrogen and oxygen atoms in total. The van der Waals surface area contributed by atoms with Crippen LogP contribution in [0.25, 0.3) is 10.9 Å². The topological polar surface area (TPSA) is 42.0 Å². The minimum absolute atomic E-state index is 0.0570. The SMILES string of the molecule is CC(C)(C)SCCNC(=O)Cc1cnc2ccccc2c1. The van der Waals surface area contributed by atoms with E-state index < -0.39 is 0 Å². The monoisotopic (exact) mass is 302 g/mol. The van der Waals surface area contributed by atoms with Gasteiger partial charge in [0, 0.05) is 28.6 Å². The Balaban J connectivity index is 1.84. The van der Waals surface area contributed by atoms with Crippen molar-refractivity contribution < 1.29 is 4.79 Å². The van der Waals surface area contributed by atoms with E-state index in [4.69, 9.17) is 0 Å². The van der Waals surface area contributed by atoms with Crippen LogP contribution < -0.4 is 5.32 Å². The highest BCUT2D eigenvalue weighted by molar-refractivity contribution is 8.00. The van der Waals surface area contributed by atoms with Gasteiger partial charge in [-0.1, -0.05) is 39.0 Å². The fourth-order valence-electron chi connectivity index (χ4n) is 2.01. The van der Waals surface area contributed by atoms with E-state index in [0.29, 0.717) is 13.0 Å². The van der Waals surface area contributed by atoms with E-state index in [9.17, 15) is 4.79 Å². The fraction of sp³-hybridized carbons (Fsp3) is 0.412. The van der Waals surface area contributed by atoms with Crippen LogP contribution >= 0.6 is 11.8 Å². The normalized spacial score (nSPS) is 11.6. The Hall–Kier alpha value is -1.55. The molecule has 1 aromatic carbocycles. The Morgan fingerprint density at radius 3 is 2.81 bits per heavy atom. The molecule has 112 valence electrons. The van der Waals surface area contributed by atoms with Crippen molar-refractivity contribution in [3.05, 3.63) is 42.1 Å². The summed E-state index contributed by atoms with van der Waals surface area (Å²) in [6, 6.07) is 9.98. The van der Waals surface area contributed by atoms with Gasteiger partial charge in [-0.25, -0.2) is 0 Å². The number of rotatable bonds is 5. The lowest BCUT2D eigenvalue weighted by atomic mass is 10.1. The molecule has 1 heterocycles. The zero-order valence-corrected chi connectivity index (χ0v) is 13.7. The summed E-state index contributed by atoms with van der Waals surface area (Å²) < 4.78 is 0.243. The first-order chi connectivity index (χ1) is 9.94. The Kier molecular flexibility index (Phi) is 5.23. The second-order valence-corrected chi connectivity index (χ2v) is 7.95. The number of carbonyl (C=O) groups excluding carboxylic acids is 1. The number of thioether (sulfide) groups is 1. The van der Waals surface area contributed by atoms with E-state index in [-0.39, 0.29) is 10.7 Å². The van der Waals surface area contributed by atoms with Gasteiger partial charge in [0.15, 0.2) is 0 Å². The molecule has 0 aliphatic heterocycles. The molecule has 0 radical (unpaired) electrons. The fourth-order valence-corrected chi connectivity index (χ4v) is 2.83. The molecule has 0 aliphatic carbocycles. The highest BCUT2D eigenvalue weighted by Crippen LogP contribution is 2.22. The maximum atomic E-state index is 11.9. The van der Waals surface area contributed by atoms with Crippen LogP contribution in [0.1, 0.15) is 26.3 Å². The summed E-state index contributed by atoms with van der Waals surface area (Å²) in [6.07, 6.45) is 2.17. The van der Waals surface area contributed by atoms with Gasteiger partial charge in [0.25, 0.3) is 0 Å². The Morgan fingerprint density at radius 1 is 1.29 bits per heavy atom. The summed E-state index contributed by atoms with van der Waals surface area (Å²) in [5.74, 6) is 0.993. The zero-order chi connectivity index (χ0) is 15.3. The molecule has 0 fully saturated rings. The number of hydrogen-bond acceptors (Lipinski definition) is 3. The van der Waals surface area contributed by atoms with Crippen LogP contribution in [0.5, 0.6) is 0 Å². The maximum absolute atomic E-state index is 11.9. The number of carbonyl (C=O) groups is 1. The number of para-hydroxylation sites is 1. The molecule has 0 saturated carbocycles. The van der Waals surface area contributed by atoms with Crippen molar-refractivity contribution >= 4 is 28.6 Å². The Labute approximate surface area is 130 Å². The first kappa shape index (κ1) is 15.8. The number of aromatic nitrogens is 1. The number of hydrogen-bond donors (Lipinski definition) is 1. The van der Waals surface area contributed by atoms with Crippen molar-refractivity contribution in [2.24, 2.45) is 0 Å². The van der Waals surface area contributed by atoms with Crippen LogP contribution in [0, 0.1) is 0 Å². The molecular weight excluding hydrogens is 280 g/mol. The number of benzene rings is 1. The highest BCUT2D eigenvalue weighted by Gasteiger charge is 2.10. The third-order valence-corrected chi connectivity index (χ3v) is 4.25. The third-order valence-electron chi connectivity index (χ3n) is 2.97. The number of nitrogens with zero attached hydrogens (tertiary/aromatic N) is 1. The average Bonchev–Trinajstić information content (AvgIpc) is 2.42. The number of amides is 1. The third kappa shape index (κ3) is 5.38. The molecule has 1 N–H and O–H groups in total. The molecule has 0 spiro atoms. The molecule has 0 aliphatic rings. The zero-order valence-electron chi connectivity index (χ0n) is 12.8. The van der Waals surface area contributed by atoms with Crippen LogP contribution in [-0.4, -0.2) is 27.9 Å². The lowest BCUT2D eigenvalue weighted by Gasteiger charge is -2.17. The molecule has 21 heavy (non-hydrogen) atoms. The lowest BCUT2D eigenvalue weighted by Crippen LogP contribution is -2.28. The number of fused-ring (bicyclic) bond motifs is 1. The second-order valence-electron chi connectivity index (χ2n) is 6.02. The lowest BCUT2D eigenvalue weighted by molar-refractivity contribution is -0.120. The van der Waals surface area contributed by atoms with Gasteiger partial charge in [0.1, 0.15) is 0 Å². The van der Waals surface area contributed by atoms with E-state index in [1.54, 1.807) is 6.20 Å². The largest absolute Gasteiger partial charge is 0.355 e. The van der Waals surface area contributed by atoms with Crippen LogP contribution in [0.15, 0.2) is 36.5 Å². The molecule has 0 saturated heterocycles. The van der Waals surface area contributed by atoms with E-state index in [2.05, 4.69) is 31.1 Å². The van der Waals surface area contributed by atoms with Crippen molar-refractivity contribution in [3.63, 3.8) is 0 Å². The van der Waals surface area contributed by atoms with Crippen molar-refractivity contribution in [1.29, 1.82) is 0 Å². The average molecular weight is 302 g/mol. The molecular formula is C17H22N2OS. The maximum Gasteiger partial charge on any atom is 0.224 e. The van der Waals surface area contributed by atoms with Gasteiger partial charge in [0.2, 0.25) is 5.91 Å². The van der Waals surface area contributed by atoms with Gasteiger partial charge < -0.3 is 5.32 Å². The van der Waals surface area contributed by atoms with Gasteiger partial charge >= 0.3 is 0 Å². The van der Waals surface area contributed by atoms with E-state index in [0.717, 1.165) is 22.2 Å². The van der Waals surface area contributed by atoms with Gasteiger partial charge in [-0.2, -0.15) is 11.8 Å². The van der Waals surface area contributed by atoms with Crippen LogP contribution in [0.2, 0.25) is 0 Å². The van der Waals surface area contributed by atoms with Gasteiger partial charge in [0.05, 0.1) is 11.9 Å². The minimum Gasteiger partial charge on any atom is -0.355 e. The van der Waals surface area contributed by atoms with Gasteiger partial charge in [-0.3, -0.25) is 9.78 Å². The summed E-state index contributed by atoms with van der Waals surface area (Å²) in [7, 11) is 0. The van der Waals surface area contributed by atoms with Crippen LogP contribution in [0.4, 0.5) is 0 Å². The molecule has 2 aromatic rings. The van der Waals surface area contributed by atoms with E-state index >= 15 is 0 Å². The first-order valence-electron chi connectivity index (χ1n) is 7.18. The number of nitrogens with one attached hydrogen (secondary N) is 1. The van der Waals surface area contributed by atoms with Crippen molar-refractivity contribution in [3.8, 4) is 0 Å². The second kappa shape index (κ2) is 6.94. The van der Waals surface area contributed by atoms with Crippen molar-refractivity contribution in [2.45, 2.75) is 31.9 Å². The molecule has 0 unspecified atom stereocenters. The van der Waals surface area contributed by atoms with Crippen LogP contribution in [0.3, 0.4) is 0 Å². The quantitative estimate of drug-likeness (QED) is 0.861. The summed E-state index contributed by atoms with van der Waals surface area (Å²) >= 11 is 1.86. The van der Waals surface area contributed by atoms with E-state index in [1.165, 1.54) is 0 Å². The smallest absolute Gasteiger partial charge is 0.224 e. The summed E-state index contributed by atoms with van der Waals surface area (Å²) in [5.41, 5.74) is 1.91. The molecule has 1 amide bonds. The predicted molar refractivity (Wildman–Crippen MR) is 90.7 cm³/mol. The summed E-state index contributed by atoms with van der Waals surface area (Å²) in [6.45, 7) is 7.25. The van der Waals surface area contributed by atoms with E-state index in [1.807, 2.05) is 42.1 Å². The van der Waals surface area contributed by atoms with Gasteiger partial charge in [-0.05, 0) is 17.7 Å². The number of pyridine rings is 1.